The van der Waals surface area contributed by atoms with Crippen molar-refractivity contribution in [1.82, 2.24) is 4.98 Å². The number of aromatic hydroxyl groups is 1. The van der Waals surface area contributed by atoms with E-state index in [1.807, 2.05) is 6.07 Å². The molecule has 20 heavy (non-hydrogen) atoms. The molecule has 2 heteroatoms. The summed E-state index contributed by atoms with van der Waals surface area (Å²) in [6.07, 6.45) is 15.2. The SMILES string of the molecule is CCCCC[C@H]1CC[C@H](CCc2ccc(O)cn2)CC1. The normalized spacial score (nSPS) is 22.9. The molecule has 0 aliphatic heterocycles. The number of aromatic nitrogens is 1. The Balaban J connectivity index is 1.63. The lowest BCUT2D eigenvalue weighted by Crippen LogP contribution is -2.15. The van der Waals surface area contributed by atoms with Gasteiger partial charge in [0.2, 0.25) is 0 Å². The van der Waals surface area contributed by atoms with Gasteiger partial charge in [0.1, 0.15) is 5.75 Å². The van der Waals surface area contributed by atoms with Gasteiger partial charge in [0.15, 0.2) is 0 Å². The Labute approximate surface area is 123 Å². The molecule has 1 fully saturated rings. The number of rotatable bonds is 7. The summed E-state index contributed by atoms with van der Waals surface area (Å²) < 4.78 is 0. The maximum absolute atomic E-state index is 9.23. The molecule has 0 atom stereocenters. The number of pyridine rings is 1. The predicted molar refractivity (Wildman–Crippen MR) is 83.8 cm³/mol. The largest absolute Gasteiger partial charge is 0.506 e. The second kappa shape index (κ2) is 8.28. The molecule has 0 bridgehead atoms. The molecule has 2 rings (SSSR count). The van der Waals surface area contributed by atoms with E-state index in [-0.39, 0.29) is 5.75 Å². The van der Waals surface area contributed by atoms with E-state index in [0.29, 0.717) is 0 Å². The maximum atomic E-state index is 9.23. The van der Waals surface area contributed by atoms with Crippen LogP contribution in [-0.2, 0) is 6.42 Å². The Morgan fingerprint density at radius 2 is 1.75 bits per heavy atom. The van der Waals surface area contributed by atoms with E-state index in [2.05, 4.69) is 11.9 Å². The molecule has 0 spiro atoms. The van der Waals surface area contributed by atoms with E-state index in [0.717, 1.165) is 24.0 Å². The van der Waals surface area contributed by atoms with Gasteiger partial charge in [0.05, 0.1) is 6.20 Å². The number of hydrogen-bond donors (Lipinski definition) is 1. The molecule has 112 valence electrons. The van der Waals surface area contributed by atoms with Gasteiger partial charge in [-0.25, -0.2) is 0 Å². The van der Waals surface area contributed by atoms with Crippen molar-refractivity contribution in [1.29, 1.82) is 0 Å². The van der Waals surface area contributed by atoms with E-state index in [1.165, 1.54) is 57.8 Å². The first-order chi connectivity index (χ1) is 9.78. The third kappa shape index (κ3) is 5.15. The monoisotopic (exact) mass is 275 g/mol. The summed E-state index contributed by atoms with van der Waals surface area (Å²) in [4.78, 5) is 4.28. The Kier molecular flexibility index (Phi) is 6.35. The second-order valence-corrected chi connectivity index (χ2v) is 6.43. The fourth-order valence-electron chi connectivity index (χ4n) is 3.41. The molecule has 1 aliphatic rings. The highest BCUT2D eigenvalue weighted by Crippen LogP contribution is 2.34. The summed E-state index contributed by atoms with van der Waals surface area (Å²) in [6.45, 7) is 2.29. The molecule has 1 N–H and O–H groups in total. The molecule has 0 radical (unpaired) electrons. The van der Waals surface area contributed by atoms with Gasteiger partial charge in [-0.1, -0.05) is 58.3 Å². The van der Waals surface area contributed by atoms with Crippen molar-refractivity contribution in [2.75, 3.05) is 0 Å². The molecule has 0 saturated heterocycles. The van der Waals surface area contributed by atoms with Gasteiger partial charge >= 0.3 is 0 Å². The molecule has 1 aromatic rings. The zero-order valence-corrected chi connectivity index (χ0v) is 12.9. The van der Waals surface area contributed by atoms with Crippen molar-refractivity contribution in [3.63, 3.8) is 0 Å². The van der Waals surface area contributed by atoms with E-state index in [9.17, 15) is 5.11 Å². The Bertz CT molecular complexity index is 366. The Morgan fingerprint density at radius 1 is 1.05 bits per heavy atom. The Morgan fingerprint density at radius 3 is 2.35 bits per heavy atom. The summed E-state index contributed by atoms with van der Waals surface area (Å²) in [5, 5.41) is 9.23. The summed E-state index contributed by atoms with van der Waals surface area (Å²) in [5.74, 6) is 2.17. The highest BCUT2D eigenvalue weighted by molar-refractivity contribution is 5.17. The third-order valence-electron chi connectivity index (χ3n) is 4.80. The van der Waals surface area contributed by atoms with Crippen LogP contribution >= 0.6 is 0 Å². The molecular formula is C18H29NO. The minimum Gasteiger partial charge on any atom is -0.506 e. The highest BCUT2D eigenvalue weighted by atomic mass is 16.3. The molecule has 1 aliphatic carbocycles. The van der Waals surface area contributed by atoms with Crippen LogP contribution < -0.4 is 0 Å². The zero-order chi connectivity index (χ0) is 14.2. The van der Waals surface area contributed by atoms with Crippen LogP contribution in [0.15, 0.2) is 18.3 Å². The van der Waals surface area contributed by atoms with Crippen molar-refractivity contribution in [3.8, 4) is 5.75 Å². The minimum atomic E-state index is 0.265. The van der Waals surface area contributed by atoms with Crippen molar-refractivity contribution in [2.24, 2.45) is 11.8 Å². The zero-order valence-electron chi connectivity index (χ0n) is 12.9. The van der Waals surface area contributed by atoms with Gasteiger partial charge < -0.3 is 5.11 Å². The van der Waals surface area contributed by atoms with Crippen molar-refractivity contribution < 1.29 is 5.11 Å². The van der Waals surface area contributed by atoms with Gasteiger partial charge in [-0.2, -0.15) is 0 Å². The quantitative estimate of drug-likeness (QED) is 0.702. The molecule has 2 nitrogen and oxygen atoms in total. The highest BCUT2D eigenvalue weighted by Gasteiger charge is 2.20. The van der Waals surface area contributed by atoms with Gasteiger partial charge in [-0.05, 0) is 36.8 Å². The van der Waals surface area contributed by atoms with Crippen LogP contribution in [0, 0.1) is 11.8 Å². The number of nitrogens with zero attached hydrogens (tertiary/aromatic N) is 1. The van der Waals surface area contributed by atoms with Crippen LogP contribution in [0.1, 0.15) is 70.4 Å². The van der Waals surface area contributed by atoms with Gasteiger partial charge in [0, 0.05) is 5.69 Å². The van der Waals surface area contributed by atoms with Crippen molar-refractivity contribution >= 4 is 0 Å². The van der Waals surface area contributed by atoms with Gasteiger partial charge in [-0.15, -0.1) is 0 Å². The number of aryl methyl sites for hydroxylation is 1. The average Bonchev–Trinajstić information content (AvgIpc) is 2.48. The summed E-state index contributed by atoms with van der Waals surface area (Å²) in [5.41, 5.74) is 1.12. The summed E-state index contributed by atoms with van der Waals surface area (Å²) in [7, 11) is 0. The van der Waals surface area contributed by atoms with Crippen LogP contribution in [0.25, 0.3) is 0 Å². The maximum Gasteiger partial charge on any atom is 0.133 e. The van der Waals surface area contributed by atoms with E-state index in [1.54, 1.807) is 12.3 Å². The fraction of sp³-hybridized carbons (Fsp3) is 0.722. The molecule has 1 aromatic heterocycles. The first kappa shape index (κ1) is 15.3. The number of unbranched alkanes of at least 4 members (excludes halogenated alkanes) is 2. The topological polar surface area (TPSA) is 33.1 Å². The lowest BCUT2D eigenvalue weighted by Gasteiger charge is -2.28. The van der Waals surface area contributed by atoms with E-state index >= 15 is 0 Å². The molecule has 0 unspecified atom stereocenters. The van der Waals surface area contributed by atoms with Crippen LogP contribution in [0.5, 0.6) is 5.75 Å². The molecule has 1 saturated carbocycles. The van der Waals surface area contributed by atoms with E-state index < -0.39 is 0 Å². The minimum absolute atomic E-state index is 0.265. The van der Waals surface area contributed by atoms with Crippen molar-refractivity contribution in [3.05, 3.63) is 24.0 Å². The predicted octanol–water partition coefficient (Wildman–Crippen LogP) is 5.11. The second-order valence-electron chi connectivity index (χ2n) is 6.43. The standard InChI is InChI=1S/C18H29NO/c1-2-3-4-5-15-6-8-16(9-7-15)10-11-17-12-13-18(20)14-19-17/h12-16,20H,2-11H2,1H3/t15-,16-. The van der Waals surface area contributed by atoms with Gasteiger partial charge in [-0.3, -0.25) is 4.98 Å². The number of hydrogen-bond acceptors (Lipinski definition) is 2. The van der Waals surface area contributed by atoms with Crippen LogP contribution in [0.2, 0.25) is 0 Å². The third-order valence-corrected chi connectivity index (χ3v) is 4.80. The fourth-order valence-corrected chi connectivity index (χ4v) is 3.41. The molecular weight excluding hydrogens is 246 g/mol. The van der Waals surface area contributed by atoms with Crippen LogP contribution in [0.3, 0.4) is 0 Å². The first-order valence-electron chi connectivity index (χ1n) is 8.41. The van der Waals surface area contributed by atoms with Crippen LogP contribution in [0.4, 0.5) is 0 Å². The van der Waals surface area contributed by atoms with Crippen molar-refractivity contribution in [2.45, 2.75) is 71.1 Å². The lowest BCUT2D eigenvalue weighted by atomic mass is 9.78. The van der Waals surface area contributed by atoms with Gasteiger partial charge in [0.25, 0.3) is 0 Å². The molecule has 0 aromatic carbocycles. The Hall–Kier alpha value is -1.05. The van der Waals surface area contributed by atoms with Crippen LogP contribution in [-0.4, -0.2) is 10.1 Å². The summed E-state index contributed by atoms with van der Waals surface area (Å²) in [6, 6.07) is 3.69. The molecule has 1 heterocycles. The average molecular weight is 275 g/mol. The van der Waals surface area contributed by atoms with E-state index in [4.69, 9.17) is 0 Å². The summed E-state index contributed by atoms with van der Waals surface area (Å²) >= 11 is 0. The first-order valence-corrected chi connectivity index (χ1v) is 8.41. The molecule has 0 amide bonds. The lowest BCUT2D eigenvalue weighted by molar-refractivity contribution is 0.249. The smallest absolute Gasteiger partial charge is 0.133 e.